The molecular weight excluding hydrogens is 226 g/mol. The highest BCUT2D eigenvalue weighted by Crippen LogP contribution is 2.20. The first kappa shape index (κ1) is 12.6. The highest BCUT2D eigenvalue weighted by molar-refractivity contribution is 5.53. The number of hydrogen-bond donors (Lipinski definition) is 1. The van der Waals surface area contributed by atoms with Crippen molar-refractivity contribution in [3.05, 3.63) is 42.0 Å². The summed E-state index contributed by atoms with van der Waals surface area (Å²) < 4.78 is 0. The highest BCUT2D eigenvalue weighted by atomic mass is 16.3. The SMILES string of the molecule is CCC(CO)c1nc(C)cc(-c2ccccn2)n1. The lowest BCUT2D eigenvalue weighted by Gasteiger charge is -2.12. The van der Waals surface area contributed by atoms with E-state index in [-0.39, 0.29) is 12.5 Å². The Balaban J connectivity index is 2.44. The predicted molar refractivity (Wildman–Crippen MR) is 70.1 cm³/mol. The monoisotopic (exact) mass is 243 g/mol. The van der Waals surface area contributed by atoms with Crippen LogP contribution >= 0.6 is 0 Å². The van der Waals surface area contributed by atoms with Crippen molar-refractivity contribution in [1.29, 1.82) is 0 Å². The van der Waals surface area contributed by atoms with Gasteiger partial charge in [0.1, 0.15) is 5.82 Å². The van der Waals surface area contributed by atoms with Crippen LogP contribution in [0.2, 0.25) is 0 Å². The van der Waals surface area contributed by atoms with Gasteiger partial charge in [0, 0.05) is 17.8 Å². The largest absolute Gasteiger partial charge is 0.396 e. The zero-order valence-electron chi connectivity index (χ0n) is 10.7. The first-order valence-corrected chi connectivity index (χ1v) is 6.12. The van der Waals surface area contributed by atoms with Crippen molar-refractivity contribution >= 4 is 0 Å². The van der Waals surface area contributed by atoms with E-state index in [0.717, 1.165) is 23.5 Å². The summed E-state index contributed by atoms with van der Waals surface area (Å²) in [7, 11) is 0. The summed E-state index contributed by atoms with van der Waals surface area (Å²) in [4.78, 5) is 13.2. The van der Waals surface area contributed by atoms with Crippen LogP contribution in [0.5, 0.6) is 0 Å². The minimum absolute atomic E-state index is 0.00707. The van der Waals surface area contributed by atoms with E-state index in [1.54, 1.807) is 6.20 Å². The van der Waals surface area contributed by atoms with Crippen LogP contribution in [-0.2, 0) is 0 Å². The maximum absolute atomic E-state index is 9.34. The Morgan fingerprint density at radius 1 is 1.22 bits per heavy atom. The van der Waals surface area contributed by atoms with Gasteiger partial charge in [-0.05, 0) is 31.5 Å². The van der Waals surface area contributed by atoms with Crippen LogP contribution < -0.4 is 0 Å². The van der Waals surface area contributed by atoms with Gasteiger partial charge in [-0.2, -0.15) is 0 Å². The number of aliphatic hydroxyl groups is 1. The first-order chi connectivity index (χ1) is 8.74. The average Bonchev–Trinajstić information content (AvgIpc) is 2.40. The van der Waals surface area contributed by atoms with E-state index in [0.29, 0.717) is 5.82 Å². The molecule has 1 N–H and O–H groups in total. The summed E-state index contributed by atoms with van der Waals surface area (Å²) in [6, 6.07) is 7.64. The number of aliphatic hydroxyl groups excluding tert-OH is 1. The number of aryl methyl sites for hydroxylation is 1. The smallest absolute Gasteiger partial charge is 0.134 e. The van der Waals surface area contributed by atoms with E-state index in [1.165, 1.54) is 0 Å². The van der Waals surface area contributed by atoms with Crippen LogP contribution in [0.1, 0.15) is 30.8 Å². The van der Waals surface area contributed by atoms with Crippen molar-refractivity contribution in [2.75, 3.05) is 6.61 Å². The van der Waals surface area contributed by atoms with E-state index in [1.807, 2.05) is 38.1 Å². The molecule has 0 saturated heterocycles. The molecule has 0 aliphatic rings. The summed E-state index contributed by atoms with van der Waals surface area (Å²) in [5.41, 5.74) is 2.54. The highest BCUT2D eigenvalue weighted by Gasteiger charge is 2.13. The van der Waals surface area contributed by atoms with Gasteiger partial charge in [-0.25, -0.2) is 9.97 Å². The Morgan fingerprint density at radius 3 is 2.67 bits per heavy atom. The summed E-state index contributed by atoms with van der Waals surface area (Å²) in [6.45, 7) is 4.02. The third-order valence-corrected chi connectivity index (χ3v) is 2.88. The van der Waals surface area contributed by atoms with Crippen LogP contribution in [0, 0.1) is 6.92 Å². The van der Waals surface area contributed by atoms with Crippen LogP contribution in [0.3, 0.4) is 0 Å². The van der Waals surface area contributed by atoms with Crippen molar-refractivity contribution in [2.45, 2.75) is 26.2 Å². The van der Waals surface area contributed by atoms with E-state index in [9.17, 15) is 5.11 Å². The molecule has 18 heavy (non-hydrogen) atoms. The van der Waals surface area contributed by atoms with Crippen LogP contribution in [0.25, 0.3) is 11.4 Å². The van der Waals surface area contributed by atoms with Gasteiger partial charge >= 0.3 is 0 Å². The molecule has 2 rings (SSSR count). The van der Waals surface area contributed by atoms with Crippen LogP contribution in [-0.4, -0.2) is 26.7 Å². The number of rotatable bonds is 4. The Labute approximate surface area is 107 Å². The lowest BCUT2D eigenvalue weighted by molar-refractivity contribution is 0.257. The fourth-order valence-electron chi connectivity index (χ4n) is 1.81. The van der Waals surface area contributed by atoms with Gasteiger partial charge < -0.3 is 5.11 Å². The number of nitrogens with zero attached hydrogens (tertiary/aromatic N) is 3. The fourth-order valence-corrected chi connectivity index (χ4v) is 1.81. The quantitative estimate of drug-likeness (QED) is 0.895. The molecule has 4 heteroatoms. The molecule has 2 heterocycles. The van der Waals surface area contributed by atoms with E-state index in [4.69, 9.17) is 0 Å². The Bertz CT molecular complexity index is 510. The van der Waals surface area contributed by atoms with Gasteiger partial charge in [-0.3, -0.25) is 4.98 Å². The molecule has 0 spiro atoms. The summed E-state index contributed by atoms with van der Waals surface area (Å²) in [6.07, 6.45) is 2.57. The fraction of sp³-hybridized carbons (Fsp3) is 0.357. The Morgan fingerprint density at radius 2 is 2.06 bits per heavy atom. The molecule has 0 bridgehead atoms. The second-order valence-corrected chi connectivity index (χ2v) is 4.26. The molecule has 0 aliphatic heterocycles. The Kier molecular flexibility index (Phi) is 3.99. The zero-order valence-corrected chi connectivity index (χ0v) is 10.7. The zero-order chi connectivity index (χ0) is 13.0. The van der Waals surface area contributed by atoms with Crippen LogP contribution in [0.4, 0.5) is 0 Å². The summed E-state index contributed by atoms with van der Waals surface area (Å²) in [5.74, 6) is 0.688. The van der Waals surface area contributed by atoms with Crippen molar-refractivity contribution in [1.82, 2.24) is 15.0 Å². The topological polar surface area (TPSA) is 58.9 Å². The number of aromatic nitrogens is 3. The molecule has 0 saturated carbocycles. The molecule has 94 valence electrons. The summed E-state index contributed by atoms with van der Waals surface area (Å²) in [5, 5.41) is 9.34. The molecule has 2 aromatic rings. The van der Waals surface area contributed by atoms with Gasteiger partial charge in [-0.1, -0.05) is 13.0 Å². The van der Waals surface area contributed by atoms with Crippen molar-refractivity contribution in [2.24, 2.45) is 0 Å². The van der Waals surface area contributed by atoms with E-state index in [2.05, 4.69) is 15.0 Å². The molecule has 1 unspecified atom stereocenters. The third-order valence-electron chi connectivity index (χ3n) is 2.88. The lowest BCUT2D eigenvalue weighted by atomic mass is 10.1. The normalized spacial score (nSPS) is 12.4. The first-order valence-electron chi connectivity index (χ1n) is 6.12. The van der Waals surface area contributed by atoms with E-state index < -0.39 is 0 Å². The number of hydrogen-bond acceptors (Lipinski definition) is 4. The molecule has 0 amide bonds. The van der Waals surface area contributed by atoms with Crippen molar-refractivity contribution < 1.29 is 5.11 Å². The van der Waals surface area contributed by atoms with Gasteiger partial charge in [0.05, 0.1) is 18.0 Å². The maximum atomic E-state index is 9.34. The maximum Gasteiger partial charge on any atom is 0.134 e. The predicted octanol–water partition coefficient (Wildman–Crippen LogP) is 2.33. The average molecular weight is 243 g/mol. The summed E-state index contributed by atoms with van der Waals surface area (Å²) >= 11 is 0. The van der Waals surface area contributed by atoms with Gasteiger partial charge in [-0.15, -0.1) is 0 Å². The number of pyridine rings is 1. The van der Waals surface area contributed by atoms with Gasteiger partial charge in [0.25, 0.3) is 0 Å². The third kappa shape index (κ3) is 2.71. The Hall–Kier alpha value is -1.81. The van der Waals surface area contributed by atoms with Gasteiger partial charge in [0.15, 0.2) is 0 Å². The van der Waals surface area contributed by atoms with Crippen molar-refractivity contribution in [3.63, 3.8) is 0 Å². The molecule has 1 atom stereocenters. The molecule has 0 aliphatic carbocycles. The van der Waals surface area contributed by atoms with Gasteiger partial charge in [0.2, 0.25) is 0 Å². The molecule has 0 radical (unpaired) electrons. The lowest BCUT2D eigenvalue weighted by Crippen LogP contribution is -2.09. The minimum atomic E-state index is -0.00707. The minimum Gasteiger partial charge on any atom is -0.396 e. The molecule has 0 aromatic carbocycles. The van der Waals surface area contributed by atoms with E-state index >= 15 is 0 Å². The molecule has 2 aromatic heterocycles. The molecule has 0 fully saturated rings. The second kappa shape index (κ2) is 5.69. The molecular formula is C14H17N3O. The van der Waals surface area contributed by atoms with Crippen LogP contribution in [0.15, 0.2) is 30.5 Å². The second-order valence-electron chi connectivity index (χ2n) is 4.26. The van der Waals surface area contributed by atoms with Crippen molar-refractivity contribution in [3.8, 4) is 11.4 Å². The standard InChI is InChI=1S/C14H17N3O/c1-3-11(9-18)14-16-10(2)8-13(17-14)12-6-4-5-7-15-12/h4-8,11,18H,3,9H2,1-2H3. The molecule has 4 nitrogen and oxygen atoms in total.